The second kappa shape index (κ2) is 12.1. The van der Waals surface area contributed by atoms with E-state index >= 15 is 0 Å². The number of amides is 1. The molecule has 1 aromatic carbocycles. The molecule has 0 unspecified atom stereocenters. The maximum atomic E-state index is 13.5. The van der Waals surface area contributed by atoms with Crippen LogP contribution in [0.2, 0.25) is 0 Å². The fourth-order valence-corrected chi connectivity index (χ4v) is 3.35. The van der Waals surface area contributed by atoms with Crippen LogP contribution in [0.3, 0.4) is 0 Å². The third kappa shape index (κ3) is 6.48. The van der Waals surface area contributed by atoms with E-state index in [4.69, 9.17) is 10.5 Å². The molecule has 0 saturated heterocycles. The molecule has 0 radical (unpaired) electrons. The summed E-state index contributed by atoms with van der Waals surface area (Å²) in [4.78, 5) is 42.3. The highest BCUT2D eigenvalue weighted by molar-refractivity contribution is 6.07. The smallest absolute Gasteiger partial charge is 0.330 e. The summed E-state index contributed by atoms with van der Waals surface area (Å²) in [5.74, 6) is 0.605. The number of hydrogen-bond donors (Lipinski definition) is 2. The second-order valence-electron chi connectivity index (χ2n) is 8.39. The van der Waals surface area contributed by atoms with Crippen molar-refractivity contribution in [2.24, 2.45) is 5.92 Å². The van der Waals surface area contributed by atoms with E-state index in [0.29, 0.717) is 43.3 Å². The van der Waals surface area contributed by atoms with Gasteiger partial charge < -0.3 is 15.4 Å². The van der Waals surface area contributed by atoms with Gasteiger partial charge in [0.25, 0.3) is 11.5 Å². The Hall–Kier alpha value is -3.03. The highest BCUT2D eigenvalue weighted by atomic mass is 16.5. The van der Waals surface area contributed by atoms with Gasteiger partial charge in [-0.3, -0.25) is 19.1 Å². The van der Waals surface area contributed by atoms with Crippen LogP contribution in [0.25, 0.3) is 0 Å². The Balaban J connectivity index is 2.49. The maximum absolute atomic E-state index is 13.5. The summed E-state index contributed by atoms with van der Waals surface area (Å²) in [6.45, 7) is 9.40. The van der Waals surface area contributed by atoms with E-state index in [2.05, 4.69) is 11.9 Å². The van der Waals surface area contributed by atoms with E-state index in [-0.39, 0.29) is 17.4 Å². The van der Waals surface area contributed by atoms with Crippen molar-refractivity contribution in [2.75, 3.05) is 23.8 Å². The summed E-state index contributed by atoms with van der Waals surface area (Å²) >= 11 is 0. The standard InChI is InChI=1S/C24H36N4O4/c1-5-7-9-14-27(20-21(25)28(13-8-6-2)24(31)26-22(20)29)23(30)18-11-10-12-19(15-18)32-16-17(3)4/h10-12,15,17H,5-9,13-14,16,25H2,1-4H3,(H,26,29,31). The molecule has 2 rings (SSSR count). The molecule has 2 aromatic rings. The van der Waals surface area contributed by atoms with Gasteiger partial charge in [-0.15, -0.1) is 0 Å². The van der Waals surface area contributed by atoms with Crippen molar-refractivity contribution >= 4 is 17.4 Å². The predicted molar refractivity (Wildman–Crippen MR) is 129 cm³/mol. The number of anilines is 2. The van der Waals surface area contributed by atoms with Gasteiger partial charge in [-0.25, -0.2) is 4.79 Å². The molecule has 176 valence electrons. The van der Waals surface area contributed by atoms with Gasteiger partial charge in [0.15, 0.2) is 5.69 Å². The third-order valence-electron chi connectivity index (χ3n) is 5.11. The lowest BCUT2D eigenvalue weighted by molar-refractivity contribution is 0.0985. The van der Waals surface area contributed by atoms with E-state index < -0.39 is 11.2 Å². The number of aromatic nitrogens is 2. The average molecular weight is 445 g/mol. The summed E-state index contributed by atoms with van der Waals surface area (Å²) in [6.07, 6.45) is 4.16. The van der Waals surface area contributed by atoms with E-state index in [1.807, 2.05) is 20.8 Å². The SMILES string of the molecule is CCCCCN(C(=O)c1cccc(OCC(C)C)c1)c1c(N)n(CCCC)c(=O)[nH]c1=O. The van der Waals surface area contributed by atoms with Crippen molar-refractivity contribution in [3.05, 3.63) is 50.7 Å². The van der Waals surface area contributed by atoms with Gasteiger partial charge in [0.2, 0.25) is 0 Å². The summed E-state index contributed by atoms with van der Waals surface area (Å²) in [5, 5.41) is 0. The first-order valence-electron chi connectivity index (χ1n) is 11.5. The first-order chi connectivity index (χ1) is 15.3. The number of nitrogens with two attached hydrogens (primary N) is 1. The number of rotatable bonds is 12. The van der Waals surface area contributed by atoms with Gasteiger partial charge in [0.1, 0.15) is 11.6 Å². The second-order valence-corrected chi connectivity index (χ2v) is 8.39. The van der Waals surface area contributed by atoms with E-state index in [0.717, 1.165) is 25.7 Å². The molecule has 0 atom stereocenters. The van der Waals surface area contributed by atoms with Crippen LogP contribution in [0.4, 0.5) is 11.5 Å². The molecule has 0 aliphatic carbocycles. The molecule has 8 heteroatoms. The first-order valence-corrected chi connectivity index (χ1v) is 11.5. The fourth-order valence-electron chi connectivity index (χ4n) is 3.35. The Kier molecular flexibility index (Phi) is 9.56. The van der Waals surface area contributed by atoms with Crippen molar-refractivity contribution < 1.29 is 9.53 Å². The molecule has 0 aliphatic heterocycles. The number of aromatic amines is 1. The molecule has 3 N–H and O–H groups in total. The van der Waals surface area contributed by atoms with Crippen LogP contribution < -0.4 is 26.6 Å². The molecule has 0 bridgehead atoms. The summed E-state index contributed by atoms with van der Waals surface area (Å²) in [7, 11) is 0. The lowest BCUT2D eigenvalue weighted by Crippen LogP contribution is -2.41. The van der Waals surface area contributed by atoms with Crippen LogP contribution >= 0.6 is 0 Å². The number of H-pyrrole nitrogens is 1. The highest BCUT2D eigenvalue weighted by Crippen LogP contribution is 2.23. The number of nitrogen functional groups attached to an aromatic ring is 1. The van der Waals surface area contributed by atoms with Crippen LogP contribution in [0, 0.1) is 5.92 Å². The van der Waals surface area contributed by atoms with Gasteiger partial charge in [-0.1, -0.05) is 53.0 Å². The van der Waals surface area contributed by atoms with E-state index in [1.165, 1.54) is 9.47 Å². The average Bonchev–Trinajstić information content (AvgIpc) is 2.76. The molecule has 0 aliphatic rings. The van der Waals surface area contributed by atoms with Crippen LogP contribution in [-0.4, -0.2) is 28.6 Å². The highest BCUT2D eigenvalue weighted by Gasteiger charge is 2.25. The van der Waals surface area contributed by atoms with E-state index in [1.54, 1.807) is 24.3 Å². The van der Waals surface area contributed by atoms with Gasteiger partial charge in [-0.2, -0.15) is 0 Å². The fraction of sp³-hybridized carbons (Fsp3) is 0.542. The van der Waals surface area contributed by atoms with Crippen molar-refractivity contribution in [2.45, 2.75) is 66.3 Å². The lowest BCUT2D eigenvalue weighted by Gasteiger charge is -2.25. The maximum Gasteiger partial charge on any atom is 0.330 e. The zero-order valence-corrected chi connectivity index (χ0v) is 19.6. The van der Waals surface area contributed by atoms with Crippen LogP contribution in [0.1, 0.15) is 70.2 Å². The Morgan fingerprint density at radius 3 is 2.53 bits per heavy atom. The molecular formula is C24H36N4O4. The van der Waals surface area contributed by atoms with Gasteiger partial charge in [0, 0.05) is 18.7 Å². The Morgan fingerprint density at radius 1 is 1.16 bits per heavy atom. The zero-order valence-electron chi connectivity index (χ0n) is 19.6. The lowest BCUT2D eigenvalue weighted by atomic mass is 10.1. The number of nitrogens with one attached hydrogen (secondary N) is 1. The minimum Gasteiger partial charge on any atom is -0.493 e. The Morgan fingerprint density at radius 2 is 1.88 bits per heavy atom. The molecule has 0 spiro atoms. The number of carbonyl (C=O) groups is 1. The van der Waals surface area contributed by atoms with Crippen molar-refractivity contribution in [3.63, 3.8) is 0 Å². The Labute approximate surface area is 189 Å². The number of benzene rings is 1. The topological polar surface area (TPSA) is 110 Å². The Bertz CT molecular complexity index is 1010. The molecular weight excluding hydrogens is 408 g/mol. The number of nitrogens with zero attached hydrogens (tertiary/aromatic N) is 2. The quantitative estimate of drug-likeness (QED) is 0.484. The molecule has 0 fully saturated rings. The number of carbonyl (C=O) groups excluding carboxylic acids is 1. The summed E-state index contributed by atoms with van der Waals surface area (Å²) in [6, 6.07) is 6.92. The van der Waals surface area contributed by atoms with Crippen molar-refractivity contribution in [1.82, 2.24) is 9.55 Å². The molecule has 0 saturated carbocycles. The van der Waals surface area contributed by atoms with Gasteiger partial charge in [-0.05, 0) is 37.0 Å². The summed E-state index contributed by atoms with van der Waals surface area (Å²) < 4.78 is 7.10. The van der Waals surface area contributed by atoms with Gasteiger partial charge in [0.05, 0.1) is 6.61 Å². The number of unbranched alkanes of at least 4 members (excludes halogenated alkanes) is 3. The summed E-state index contributed by atoms with van der Waals surface area (Å²) in [5.41, 5.74) is 5.49. The van der Waals surface area contributed by atoms with Crippen molar-refractivity contribution in [3.8, 4) is 5.75 Å². The van der Waals surface area contributed by atoms with Crippen molar-refractivity contribution in [1.29, 1.82) is 0 Å². The monoisotopic (exact) mass is 444 g/mol. The van der Waals surface area contributed by atoms with Crippen LogP contribution in [0.5, 0.6) is 5.75 Å². The zero-order chi connectivity index (χ0) is 23.7. The molecule has 1 amide bonds. The largest absolute Gasteiger partial charge is 0.493 e. The molecule has 32 heavy (non-hydrogen) atoms. The minimum absolute atomic E-state index is 0.0178. The molecule has 1 aromatic heterocycles. The minimum atomic E-state index is -0.655. The number of ether oxygens (including phenoxy) is 1. The van der Waals surface area contributed by atoms with Crippen LogP contribution in [0.15, 0.2) is 33.9 Å². The predicted octanol–water partition coefficient (Wildman–Crippen LogP) is 3.79. The molecule has 8 nitrogen and oxygen atoms in total. The first kappa shape index (κ1) is 25.2. The normalized spacial score (nSPS) is 11.0. The third-order valence-corrected chi connectivity index (χ3v) is 5.11. The number of hydrogen-bond acceptors (Lipinski definition) is 5. The van der Waals surface area contributed by atoms with E-state index in [9.17, 15) is 14.4 Å². The van der Waals surface area contributed by atoms with Crippen LogP contribution in [-0.2, 0) is 6.54 Å². The molecule has 1 heterocycles. The van der Waals surface area contributed by atoms with Gasteiger partial charge >= 0.3 is 5.69 Å².